The second-order valence-electron chi connectivity index (χ2n) is 5.53. The molecular weight excluding hydrogens is 278 g/mol. The van der Waals surface area contributed by atoms with Crippen molar-refractivity contribution in [2.45, 2.75) is 53.1 Å². The summed E-state index contributed by atoms with van der Waals surface area (Å²) in [6, 6.07) is 0. The first kappa shape index (κ1) is 18.0. The average Bonchev–Trinajstić information content (AvgIpc) is 2.10. The third-order valence-corrected chi connectivity index (χ3v) is 3.05. The summed E-state index contributed by atoms with van der Waals surface area (Å²) < 4.78 is 79.8. The predicted octanol–water partition coefficient (Wildman–Crippen LogP) is 4.10. The molecule has 0 spiro atoms. The van der Waals surface area contributed by atoms with Crippen LogP contribution in [0.3, 0.4) is 0 Å². The molecule has 0 N–H and O–H groups in total. The fourth-order valence-corrected chi connectivity index (χ4v) is 0.847. The Morgan fingerprint density at radius 2 is 1.21 bits per heavy atom. The first-order chi connectivity index (χ1) is 8.05. The molecule has 0 aliphatic rings. The Morgan fingerprint density at radius 3 is 1.42 bits per heavy atom. The van der Waals surface area contributed by atoms with Gasteiger partial charge in [-0.15, -0.1) is 0 Å². The van der Waals surface area contributed by atoms with Gasteiger partial charge in [-0.05, 0) is 19.3 Å². The normalized spacial score (nSPS) is 16.2. The summed E-state index contributed by atoms with van der Waals surface area (Å²) in [6.45, 7) is 5.62. The molecule has 0 aromatic rings. The van der Waals surface area contributed by atoms with Gasteiger partial charge in [-0.2, -0.15) is 26.3 Å². The molecule has 0 heterocycles. The van der Waals surface area contributed by atoms with Gasteiger partial charge in [0.1, 0.15) is 6.10 Å². The number of halogens is 6. The number of carbonyl (C=O) groups excluding carboxylic acids is 1. The van der Waals surface area contributed by atoms with Crippen LogP contribution in [0.1, 0.15) is 34.6 Å². The molecule has 0 saturated heterocycles. The summed E-state index contributed by atoms with van der Waals surface area (Å²) in [4.78, 5) is 11.4. The summed E-state index contributed by atoms with van der Waals surface area (Å²) in [5.74, 6) is -2.34. The lowest BCUT2D eigenvalue weighted by molar-refractivity contribution is -0.328. The maximum absolute atomic E-state index is 12.6. The number of ether oxygens (including phenoxy) is 1. The van der Waals surface area contributed by atoms with Gasteiger partial charge in [0.25, 0.3) is 5.41 Å². The smallest absolute Gasteiger partial charge is 0.413 e. The van der Waals surface area contributed by atoms with Crippen LogP contribution < -0.4 is 0 Å². The van der Waals surface area contributed by atoms with Gasteiger partial charge in [0.15, 0.2) is 0 Å². The van der Waals surface area contributed by atoms with Crippen LogP contribution in [-0.4, -0.2) is 24.4 Å². The maximum Gasteiger partial charge on any atom is 0.413 e. The van der Waals surface area contributed by atoms with Crippen molar-refractivity contribution in [2.24, 2.45) is 10.8 Å². The lowest BCUT2D eigenvalue weighted by Crippen LogP contribution is -2.55. The zero-order valence-corrected chi connectivity index (χ0v) is 11.2. The number of carbonyl (C=O) groups is 1. The molecule has 0 saturated carbocycles. The van der Waals surface area contributed by atoms with E-state index in [1.807, 2.05) is 0 Å². The Balaban J connectivity index is 5.42. The molecule has 2 nitrogen and oxygen atoms in total. The number of hydrogen-bond donors (Lipinski definition) is 0. The highest BCUT2D eigenvalue weighted by molar-refractivity contribution is 5.78. The first-order valence-electron chi connectivity index (χ1n) is 5.39. The highest BCUT2D eigenvalue weighted by Gasteiger charge is 2.73. The largest absolute Gasteiger partial charge is 0.461 e. The monoisotopic (exact) mass is 294 g/mol. The molecular formula is C11H16F6O2. The zero-order valence-electron chi connectivity index (χ0n) is 11.2. The van der Waals surface area contributed by atoms with Crippen LogP contribution in [0.25, 0.3) is 0 Å². The summed E-state index contributed by atoms with van der Waals surface area (Å²) in [7, 11) is 0. The Hall–Kier alpha value is -0.950. The molecule has 0 aliphatic carbocycles. The van der Waals surface area contributed by atoms with E-state index >= 15 is 0 Å². The fraction of sp³-hybridized carbons (Fsp3) is 0.909. The van der Waals surface area contributed by atoms with Crippen molar-refractivity contribution in [3.63, 3.8) is 0 Å². The molecule has 0 aliphatic heterocycles. The molecule has 0 bridgehead atoms. The van der Waals surface area contributed by atoms with E-state index < -0.39 is 35.3 Å². The number of alkyl halides is 6. The molecule has 0 aromatic carbocycles. The van der Waals surface area contributed by atoms with Crippen LogP contribution in [0, 0.1) is 10.8 Å². The van der Waals surface area contributed by atoms with Crippen molar-refractivity contribution in [3.8, 4) is 0 Å². The van der Waals surface area contributed by atoms with Gasteiger partial charge in [0.2, 0.25) is 0 Å². The maximum atomic E-state index is 12.6. The van der Waals surface area contributed by atoms with Gasteiger partial charge in [-0.25, -0.2) is 0 Å². The van der Waals surface area contributed by atoms with Crippen molar-refractivity contribution in [3.05, 3.63) is 0 Å². The SMILES string of the molecule is C[C@@H](OC(=O)C(C)(C(F)(F)F)C(F)(F)F)C(C)(C)C. The average molecular weight is 294 g/mol. The second-order valence-corrected chi connectivity index (χ2v) is 5.53. The number of rotatable bonds is 2. The molecule has 0 radical (unpaired) electrons. The van der Waals surface area contributed by atoms with Crippen LogP contribution in [0.4, 0.5) is 26.3 Å². The molecule has 114 valence electrons. The summed E-state index contributed by atoms with van der Waals surface area (Å²) in [5.41, 5.74) is -5.30. The first-order valence-corrected chi connectivity index (χ1v) is 5.39. The van der Waals surface area contributed by atoms with Crippen LogP contribution in [0.5, 0.6) is 0 Å². The molecule has 0 amide bonds. The molecule has 0 rings (SSSR count). The van der Waals surface area contributed by atoms with Crippen molar-refractivity contribution in [1.29, 1.82) is 0 Å². The molecule has 8 heteroatoms. The molecule has 19 heavy (non-hydrogen) atoms. The minimum atomic E-state index is -5.78. The quantitative estimate of drug-likeness (QED) is 0.566. The molecule has 0 fully saturated rings. The third kappa shape index (κ3) is 3.54. The Morgan fingerprint density at radius 1 is 0.895 bits per heavy atom. The second kappa shape index (κ2) is 4.86. The summed E-state index contributed by atoms with van der Waals surface area (Å²) in [5, 5.41) is 0. The van der Waals surface area contributed by atoms with E-state index in [1.54, 1.807) is 0 Å². The predicted molar refractivity (Wildman–Crippen MR) is 55.2 cm³/mol. The van der Waals surface area contributed by atoms with Gasteiger partial charge >= 0.3 is 18.3 Å². The molecule has 0 unspecified atom stereocenters. The summed E-state index contributed by atoms with van der Waals surface area (Å²) in [6.07, 6.45) is -12.6. The van der Waals surface area contributed by atoms with E-state index in [2.05, 4.69) is 4.74 Å². The van der Waals surface area contributed by atoms with Crippen molar-refractivity contribution >= 4 is 5.97 Å². The van der Waals surface area contributed by atoms with Gasteiger partial charge in [-0.1, -0.05) is 20.8 Å². The van der Waals surface area contributed by atoms with Crippen LogP contribution >= 0.6 is 0 Å². The van der Waals surface area contributed by atoms with Gasteiger partial charge in [0, 0.05) is 0 Å². The fourth-order valence-electron chi connectivity index (χ4n) is 0.847. The highest BCUT2D eigenvalue weighted by atomic mass is 19.4. The molecule has 1 atom stereocenters. The van der Waals surface area contributed by atoms with Gasteiger partial charge in [-0.3, -0.25) is 4.79 Å². The number of hydrogen-bond acceptors (Lipinski definition) is 2. The Labute approximate surface area is 107 Å². The third-order valence-electron chi connectivity index (χ3n) is 3.05. The van der Waals surface area contributed by atoms with E-state index in [-0.39, 0.29) is 6.92 Å². The number of esters is 1. The van der Waals surface area contributed by atoms with Gasteiger partial charge < -0.3 is 4.74 Å². The topological polar surface area (TPSA) is 26.3 Å². The van der Waals surface area contributed by atoms with E-state index in [0.717, 1.165) is 0 Å². The summed E-state index contributed by atoms with van der Waals surface area (Å²) >= 11 is 0. The van der Waals surface area contributed by atoms with E-state index in [0.29, 0.717) is 0 Å². The lowest BCUT2D eigenvalue weighted by atomic mass is 9.87. The minimum absolute atomic E-state index is 0.218. The standard InChI is InChI=1S/C11H16F6O2/c1-6(8(2,3)4)19-7(18)9(5,10(12,13)14)11(15,16)17/h6H,1-5H3/t6-/m1/s1. The van der Waals surface area contributed by atoms with E-state index in [9.17, 15) is 31.1 Å². The van der Waals surface area contributed by atoms with Gasteiger partial charge in [0.05, 0.1) is 0 Å². The Bertz CT molecular complexity index is 323. The zero-order chi connectivity index (χ0) is 15.9. The van der Waals surface area contributed by atoms with E-state index in [4.69, 9.17) is 0 Å². The minimum Gasteiger partial charge on any atom is -0.461 e. The van der Waals surface area contributed by atoms with Crippen molar-refractivity contribution in [2.75, 3.05) is 0 Å². The Kier molecular flexibility index (Phi) is 4.62. The van der Waals surface area contributed by atoms with Crippen LogP contribution in [0.2, 0.25) is 0 Å². The lowest BCUT2D eigenvalue weighted by Gasteiger charge is -2.35. The van der Waals surface area contributed by atoms with E-state index in [1.165, 1.54) is 27.7 Å². The van der Waals surface area contributed by atoms with Crippen molar-refractivity contribution in [1.82, 2.24) is 0 Å². The highest BCUT2D eigenvalue weighted by Crippen LogP contribution is 2.51. The van der Waals surface area contributed by atoms with Crippen molar-refractivity contribution < 1.29 is 35.9 Å². The van der Waals surface area contributed by atoms with Crippen LogP contribution in [0.15, 0.2) is 0 Å². The molecule has 0 aromatic heterocycles. The van der Waals surface area contributed by atoms with Crippen LogP contribution in [-0.2, 0) is 9.53 Å².